The summed E-state index contributed by atoms with van der Waals surface area (Å²) in [4.78, 5) is 2.38. The van der Waals surface area contributed by atoms with Gasteiger partial charge < -0.3 is 14.2 Å². The molecule has 1 atom stereocenters. The quantitative estimate of drug-likeness (QED) is 0.454. The fourth-order valence-corrected chi connectivity index (χ4v) is 4.85. The topological polar surface area (TPSA) is 30.9 Å². The SMILES string of the molecule is Clc1ccc2c(c1)[C@@H](N1CCOCC1)/C(=C/COc1ccc3ccccc3c1Br)O2. The average molecular weight is 487 g/mol. The molecular weight excluding hydrogens is 466 g/mol. The lowest BCUT2D eigenvalue weighted by atomic mass is 10.0. The molecule has 0 spiro atoms. The number of halogens is 2. The number of hydrogen-bond donors (Lipinski definition) is 0. The lowest BCUT2D eigenvalue weighted by Gasteiger charge is -2.32. The molecule has 2 heterocycles. The van der Waals surface area contributed by atoms with E-state index in [-0.39, 0.29) is 6.04 Å². The summed E-state index contributed by atoms with van der Waals surface area (Å²) in [6.07, 6.45) is 2.02. The third kappa shape index (κ3) is 3.83. The van der Waals surface area contributed by atoms with Crippen molar-refractivity contribution in [3.05, 3.63) is 81.5 Å². The van der Waals surface area contributed by atoms with E-state index in [1.54, 1.807) is 0 Å². The molecule has 2 aliphatic heterocycles. The largest absolute Gasteiger partial charge is 0.488 e. The Bertz CT molecular complexity index is 1110. The van der Waals surface area contributed by atoms with Gasteiger partial charge in [0, 0.05) is 23.7 Å². The maximum absolute atomic E-state index is 6.28. The smallest absolute Gasteiger partial charge is 0.134 e. The van der Waals surface area contributed by atoms with E-state index in [9.17, 15) is 0 Å². The molecule has 0 saturated carbocycles. The van der Waals surface area contributed by atoms with Crippen LogP contribution in [0.25, 0.3) is 10.8 Å². The zero-order valence-corrected chi connectivity index (χ0v) is 18.7. The summed E-state index contributed by atoms with van der Waals surface area (Å²) >= 11 is 9.96. The van der Waals surface area contributed by atoms with Crippen LogP contribution in [0, 0.1) is 0 Å². The van der Waals surface area contributed by atoms with Gasteiger partial charge in [-0.15, -0.1) is 0 Å². The van der Waals surface area contributed by atoms with Crippen molar-refractivity contribution in [3.8, 4) is 11.5 Å². The van der Waals surface area contributed by atoms with Crippen molar-refractivity contribution in [2.45, 2.75) is 6.04 Å². The molecule has 1 fully saturated rings. The minimum atomic E-state index is 0.0336. The molecule has 0 radical (unpaired) electrons. The van der Waals surface area contributed by atoms with E-state index in [0.29, 0.717) is 11.6 Å². The zero-order chi connectivity index (χ0) is 20.5. The second-order valence-corrected chi connectivity index (χ2v) is 8.58. The summed E-state index contributed by atoms with van der Waals surface area (Å²) in [5.41, 5.74) is 1.10. The van der Waals surface area contributed by atoms with Crippen LogP contribution in [-0.2, 0) is 4.74 Å². The van der Waals surface area contributed by atoms with E-state index < -0.39 is 0 Å². The van der Waals surface area contributed by atoms with Gasteiger partial charge in [-0.05, 0) is 57.0 Å². The molecule has 2 aliphatic rings. The second kappa shape index (κ2) is 8.60. The van der Waals surface area contributed by atoms with Crippen LogP contribution in [0.2, 0.25) is 5.02 Å². The molecule has 30 heavy (non-hydrogen) atoms. The minimum Gasteiger partial charge on any atom is -0.488 e. The molecule has 0 aliphatic carbocycles. The van der Waals surface area contributed by atoms with E-state index in [1.165, 1.54) is 5.39 Å². The van der Waals surface area contributed by atoms with Crippen LogP contribution in [0.4, 0.5) is 0 Å². The number of morpholine rings is 1. The first-order valence-electron chi connectivity index (χ1n) is 10.00. The Kier molecular flexibility index (Phi) is 5.70. The average Bonchev–Trinajstić information content (AvgIpc) is 3.13. The van der Waals surface area contributed by atoms with Crippen molar-refractivity contribution in [1.29, 1.82) is 0 Å². The highest BCUT2D eigenvalue weighted by atomic mass is 79.9. The van der Waals surface area contributed by atoms with Crippen molar-refractivity contribution < 1.29 is 14.2 Å². The van der Waals surface area contributed by atoms with Gasteiger partial charge in [0.25, 0.3) is 0 Å². The highest BCUT2D eigenvalue weighted by Gasteiger charge is 2.35. The molecule has 0 unspecified atom stereocenters. The van der Waals surface area contributed by atoms with Crippen molar-refractivity contribution in [1.82, 2.24) is 4.90 Å². The maximum atomic E-state index is 6.28. The standard InChI is InChI=1S/C24H21BrClNO3/c25-23-18-4-2-1-3-16(18)5-7-21(23)29-12-9-22-24(27-10-13-28-14-11-27)19-15-17(26)6-8-20(19)30-22/h1-9,15,24H,10-14H2/b22-9-/t24-/m1/s1. The molecule has 1 saturated heterocycles. The van der Waals surface area contributed by atoms with Crippen LogP contribution in [0.1, 0.15) is 11.6 Å². The molecule has 4 nitrogen and oxygen atoms in total. The monoisotopic (exact) mass is 485 g/mol. The number of benzene rings is 3. The summed E-state index contributed by atoms with van der Waals surface area (Å²) in [6, 6.07) is 18.1. The molecule has 154 valence electrons. The zero-order valence-electron chi connectivity index (χ0n) is 16.3. The fraction of sp³-hybridized carbons (Fsp3) is 0.250. The van der Waals surface area contributed by atoms with E-state index in [1.807, 2.05) is 42.5 Å². The summed E-state index contributed by atoms with van der Waals surface area (Å²) in [5.74, 6) is 2.55. The van der Waals surface area contributed by atoms with E-state index in [0.717, 1.165) is 59.0 Å². The Labute approximate surface area is 189 Å². The lowest BCUT2D eigenvalue weighted by molar-refractivity contribution is 0.0206. The van der Waals surface area contributed by atoms with Gasteiger partial charge in [-0.25, -0.2) is 0 Å². The van der Waals surface area contributed by atoms with Gasteiger partial charge in [0.1, 0.15) is 23.9 Å². The highest BCUT2D eigenvalue weighted by molar-refractivity contribution is 9.10. The van der Waals surface area contributed by atoms with E-state index >= 15 is 0 Å². The van der Waals surface area contributed by atoms with Gasteiger partial charge in [0.05, 0.1) is 23.7 Å². The van der Waals surface area contributed by atoms with Crippen LogP contribution in [0.3, 0.4) is 0 Å². The van der Waals surface area contributed by atoms with Gasteiger partial charge in [0.2, 0.25) is 0 Å². The van der Waals surface area contributed by atoms with Crippen molar-refractivity contribution in [2.24, 2.45) is 0 Å². The predicted molar refractivity (Wildman–Crippen MR) is 122 cm³/mol. The number of ether oxygens (including phenoxy) is 3. The van der Waals surface area contributed by atoms with Crippen molar-refractivity contribution in [3.63, 3.8) is 0 Å². The Morgan fingerprint density at radius 2 is 1.93 bits per heavy atom. The summed E-state index contributed by atoms with van der Waals surface area (Å²) in [6.45, 7) is 3.57. The summed E-state index contributed by atoms with van der Waals surface area (Å²) in [7, 11) is 0. The van der Waals surface area contributed by atoms with E-state index in [2.05, 4.69) is 39.0 Å². The Morgan fingerprint density at radius 1 is 1.10 bits per heavy atom. The van der Waals surface area contributed by atoms with Crippen LogP contribution in [0.15, 0.2) is 70.9 Å². The molecule has 3 aromatic carbocycles. The Morgan fingerprint density at radius 3 is 2.80 bits per heavy atom. The van der Waals surface area contributed by atoms with Crippen LogP contribution < -0.4 is 9.47 Å². The minimum absolute atomic E-state index is 0.0336. The summed E-state index contributed by atoms with van der Waals surface area (Å²) < 4.78 is 18.8. The molecule has 5 rings (SSSR count). The molecule has 6 heteroatoms. The first kappa shape index (κ1) is 19.9. The van der Waals surface area contributed by atoms with Crippen LogP contribution in [0.5, 0.6) is 11.5 Å². The first-order valence-corrected chi connectivity index (χ1v) is 11.2. The molecule has 0 bridgehead atoms. The molecule has 0 amide bonds. The van der Waals surface area contributed by atoms with E-state index in [4.69, 9.17) is 25.8 Å². The molecule has 0 aromatic heterocycles. The second-order valence-electron chi connectivity index (χ2n) is 7.35. The first-order chi connectivity index (χ1) is 14.7. The van der Waals surface area contributed by atoms with Crippen molar-refractivity contribution >= 4 is 38.3 Å². The van der Waals surface area contributed by atoms with Gasteiger partial charge in [-0.1, -0.05) is 41.9 Å². The van der Waals surface area contributed by atoms with Gasteiger partial charge in [-0.3, -0.25) is 4.90 Å². The molecular formula is C24H21BrClNO3. The number of nitrogens with zero attached hydrogens (tertiary/aromatic N) is 1. The molecule has 0 N–H and O–H groups in total. The predicted octanol–water partition coefficient (Wildman–Crippen LogP) is 5.98. The fourth-order valence-electron chi connectivity index (χ4n) is 4.07. The van der Waals surface area contributed by atoms with Crippen molar-refractivity contribution in [2.75, 3.05) is 32.9 Å². The Hall–Kier alpha value is -2.05. The normalized spacial score (nSPS) is 20.3. The van der Waals surface area contributed by atoms with Gasteiger partial charge in [0.15, 0.2) is 0 Å². The van der Waals surface area contributed by atoms with Crippen LogP contribution in [-0.4, -0.2) is 37.8 Å². The molecule has 3 aromatic rings. The third-order valence-electron chi connectivity index (χ3n) is 5.53. The van der Waals surface area contributed by atoms with Gasteiger partial charge in [-0.2, -0.15) is 0 Å². The van der Waals surface area contributed by atoms with Crippen LogP contribution >= 0.6 is 27.5 Å². The number of hydrogen-bond acceptors (Lipinski definition) is 4. The number of rotatable bonds is 4. The highest BCUT2D eigenvalue weighted by Crippen LogP contribution is 2.44. The summed E-state index contributed by atoms with van der Waals surface area (Å²) in [5, 5.41) is 3.02. The maximum Gasteiger partial charge on any atom is 0.134 e. The Balaban J connectivity index is 1.39. The third-order valence-corrected chi connectivity index (χ3v) is 6.58. The number of fused-ring (bicyclic) bond motifs is 2. The van der Waals surface area contributed by atoms with Gasteiger partial charge >= 0.3 is 0 Å². The lowest BCUT2D eigenvalue weighted by Crippen LogP contribution is -2.39.